The lowest BCUT2D eigenvalue weighted by Gasteiger charge is -2.25. The molecule has 2 aromatic rings. The summed E-state index contributed by atoms with van der Waals surface area (Å²) >= 11 is 0. The van der Waals surface area contributed by atoms with Crippen LogP contribution in [0.15, 0.2) is 48.0 Å². The van der Waals surface area contributed by atoms with Gasteiger partial charge < -0.3 is 28.6 Å². The molecule has 2 saturated heterocycles. The van der Waals surface area contributed by atoms with E-state index in [1.54, 1.807) is 6.92 Å². The van der Waals surface area contributed by atoms with Crippen LogP contribution in [0, 0.1) is 0 Å². The molecule has 2 heterocycles. The van der Waals surface area contributed by atoms with Crippen molar-refractivity contribution < 1.29 is 28.5 Å². The molecule has 0 bridgehead atoms. The van der Waals surface area contributed by atoms with E-state index >= 15 is 0 Å². The highest BCUT2D eigenvalue weighted by Gasteiger charge is 2.43. The maximum atomic E-state index is 12.4. The summed E-state index contributed by atoms with van der Waals surface area (Å²) in [4.78, 5) is 14.6. The van der Waals surface area contributed by atoms with Gasteiger partial charge in [-0.3, -0.25) is 0 Å². The van der Waals surface area contributed by atoms with Crippen LogP contribution in [0.1, 0.15) is 45.6 Å². The van der Waals surface area contributed by atoms with Gasteiger partial charge in [0.15, 0.2) is 5.79 Å². The third-order valence-electron chi connectivity index (χ3n) is 6.67. The summed E-state index contributed by atoms with van der Waals surface area (Å²) in [6.07, 6.45) is 4.93. The molecule has 0 aromatic heterocycles. The molecule has 2 fully saturated rings. The molecule has 1 spiro atoms. The molecular formula is C30H39NO6. The molecule has 2 aliphatic rings. The second-order valence-corrected chi connectivity index (χ2v) is 9.44. The number of carbonyl (C=O) groups excluding carboxylic acids is 1. The van der Waals surface area contributed by atoms with E-state index in [0.717, 1.165) is 60.5 Å². The van der Waals surface area contributed by atoms with E-state index in [1.165, 1.54) is 0 Å². The predicted octanol–water partition coefficient (Wildman–Crippen LogP) is 5.47. The number of hydrogen-bond donors (Lipinski definition) is 0. The molecule has 2 aromatic carbocycles. The van der Waals surface area contributed by atoms with Crippen molar-refractivity contribution in [2.75, 3.05) is 57.6 Å². The minimum Gasteiger partial charge on any atom is -0.491 e. The van der Waals surface area contributed by atoms with Crippen LogP contribution in [0.2, 0.25) is 0 Å². The summed E-state index contributed by atoms with van der Waals surface area (Å²) < 4.78 is 28.5. The summed E-state index contributed by atoms with van der Waals surface area (Å²) in [7, 11) is 0. The van der Waals surface area contributed by atoms with Crippen LogP contribution >= 0.6 is 0 Å². The standard InChI is InChI=1S/C30H39NO6/c1-4-6-15-33-16-17-35-27-10-7-24(8-11-27)25-9-12-28(26(21-25)20-23(3)29(32)34-5-2)31-14-13-30(22-31)36-18-19-37-30/h7-12,20-21H,4-6,13-19,22H2,1-3H3/b23-20+. The largest absolute Gasteiger partial charge is 0.491 e. The molecule has 0 saturated carbocycles. The van der Waals surface area contributed by atoms with Crippen molar-refractivity contribution in [1.29, 1.82) is 0 Å². The maximum Gasteiger partial charge on any atom is 0.333 e. The summed E-state index contributed by atoms with van der Waals surface area (Å²) in [5.41, 5.74) is 4.70. The SMILES string of the molecule is CCCCOCCOc1ccc(-c2ccc(N3CCC4(C3)OCCO4)c(/C=C(\C)C(=O)OCC)c2)cc1. The number of carbonyl (C=O) groups is 1. The topological polar surface area (TPSA) is 66.5 Å². The van der Waals surface area contributed by atoms with Crippen LogP contribution in [0.3, 0.4) is 0 Å². The van der Waals surface area contributed by atoms with Gasteiger partial charge >= 0.3 is 5.97 Å². The quantitative estimate of drug-likeness (QED) is 0.214. The Hall–Kier alpha value is -2.87. The van der Waals surface area contributed by atoms with Gasteiger partial charge in [0.2, 0.25) is 0 Å². The maximum absolute atomic E-state index is 12.4. The van der Waals surface area contributed by atoms with Crippen LogP contribution in [0.5, 0.6) is 5.75 Å². The fourth-order valence-electron chi connectivity index (χ4n) is 4.68. The van der Waals surface area contributed by atoms with Gasteiger partial charge in [-0.25, -0.2) is 4.79 Å². The summed E-state index contributed by atoms with van der Waals surface area (Å²) in [6, 6.07) is 14.4. The monoisotopic (exact) mass is 509 g/mol. The lowest BCUT2D eigenvalue weighted by atomic mass is 10.00. The molecule has 7 heteroatoms. The van der Waals surface area contributed by atoms with Gasteiger partial charge in [0, 0.05) is 30.8 Å². The number of anilines is 1. The number of rotatable bonds is 12. The fraction of sp³-hybridized carbons (Fsp3) is 0.500. The van der Waals surface area contributed by atoms with Crippen LogP contribution in [-0.4, -0.2) is 64.5 Å². The number of benzene rings is 2. The van der Waals surface area contributed by atoms with Crippen molar-refractivity contribution in [3.8, 4) is 16.9 Å². The number of esters is 1. The van der Waals surface area contributed by atoms with E-state index in [1.807, 2.05) is 25.1 Å². The Labute approximate surface area is 220 Å². The van der Waals surface area contributed by atoms with E-state index in [-0.39, 0.29) is 5.97 Å². The van der Waals surface area contributed by atoms with Crippen LogP contribution < -0.4 is 9.64 Å². The van der Waals surface area contributed by atoms with E-state index in [2.05, 4.69) is 42.2 Å². The lowest BCUT2D eigenvalue weighted by molar-refractivity contribution is -0.138. The number of ether oxygens (including phenoxy) is 5. The normalized spacial score (nSPS) is 16.9. The first-order valence-electron chi connectivity index (χ1n) is 13.4. The van der Waals surface area contributed by atoms with Gasteiger partial charge in [-0.2, -0.15) is 0 Å². The Balaban J connectivity index is 1.51. The minimum absolute atomic E-state index is 0.306. The average molecular weight is 510 g/mol. The summed E-state index contributed by atoms with van der Waals surface area (Å²) in [5.74, 6) is -0.0109. The van der Waals surface area contributed by atoms with Crippen LogP contribution in [-0.2, 0) is 23.7 Å². The molecule has 37 heavy (non-hydrogen) atoms. The van der Waals surface area contributed by atoms with Crippen molar-refractivity contribution in [3.63, 3.8) is 0 Å². The Morgan fingerprint density at radius 1 is 1.03 bits per heavy atom. The molecule has 200 valence electrons. The molecule has 0 atom stereocenters. The molecule has 4 rings (SSSR count). The zero-order chi connectivity index (χ0) is 26.1. The zero-order valence-electron chi connectivity index (χ0n) is 22.3. The van der Waals surface area contributed by atoms with E-state index in [0.29, 0.717) is 45.2 Å². The van der Waals surface area contributed by atoms with Gasteiger partial charge in [0.25, 0.3) is 0 Å². The van der Waals surface area contributed by atoms with Crippen LogP contribution in [0.4, 0.5) is 5.69 Å². The van der Waals surface area contributed by atoms with Crippen LogP contribution in [0.25, 0.3) is 17.2 Å². The first kappa shape index (κ1) is 27.2. The fourth-order valence-corrected chi connectivity index (χ4v) is 4.68. The Morgan fingerprint density at radius 3 is 2.51 bits per heavy atom. The van der Waals surface area contributed by atoms with Crippen molar-refractivity contribution in [1.82, 2.24) is 0 Å². The van der Waals surface area contributed by atoms with E-state index in [9.17, 15) is 4.79 Å². The second kappa shape index (κ2) is 13.1. The number of nitrogens with zero attached hydrogens (tertiary/aromatic N) is 1. The summed E-state index contributed by atoms with van der Waals surface area (Å²) in [6.45, 7) is 10.8. The Bertz CT molecular complexity index is 1060. The third kappa shape index (κ3) is 7.12. The smallest absolute Gasteiger partial charge is 0.333 e. The molecule has 0 radical (unpaired) electrons. The second-order valence-electron chi connectivity index (χ2n) is 9.44. The molecule has 0 amide bonds. The van der Waals surface area contributed by atoms with Gasteiger partial charge in [0.1, 0.15) is 12.4 Å². The van der Waals surface area contributed by atoms with Gasteiger partial charge in [-0.1, -0.05) is 31.5 Å². The first-order chi connectivity index (χ1) is 18.0. The lowest BCUT2D eigenvalue weighted by Crippen LogP contribution is -2.34. The highest BCUT2D eigenvalue weighted by Crippen LogP contribution is 2.37. The average Bonchev–Trinajstić information content (AvgIpc) is 3.56. The molecule has 0 unspecified atom stereocenters. The Morgan fingerprint density at radius 2 is 1.78 bits per heavy atom. The minimum atomic E-state index is -0.521. The van der Waals surface area contributed by atoms with Gasteiger partial charge in [0.05, 0.1) is 33.0 Å². The highest BCUT2D eigenvalue weighted by molar-refractivity contribution is 5.94. The van der Waals surface area contributed by atoms with E-state index in [4.69, 9.17) is 23.7 Å². The van der Waals surface area contributed by atoms with Crippen molar-refractivity contribution in [2.45, 2.75) is 45.8 Å². The molecule has 2 aliphatic heterocycles. The van der Waals surface area contributed by atoms with Crippen molar-refractivity contribution >= 4 is 17.7 Å². The third-order valence-corrected chi connectivity index (χ3v) is 6.67. The molecule has 0 aliphatic carbocycles. The van der Waals surface area contributed by atoms with Gasteiger partial charge in [-0.05, 0) is 67.3 Å². The summed E-state index contributed by atoms with van der Waals surface area (Å²) in [5, 5.41) is 0. The molecular weight excluding hydrogens is 470 g/mol. The van der Waals surface area contributed by atoms with Crippen molar-refractivity contribution in [2.24, 2.45) is 0 Å². The molecule has 0 N–H and O–H groups in total. The zero-order valence-corrected chi connectivity index (χ0v) is 22.3. The van der Waals surface area contributed by atoms with Crippen molar-refractivity contribution in [3.05, 3.63) is 53.6 Å². The number of hydrogen-bond acceptors (Lipinski definition) is 7. The Kier molecular flexibility index (Phi) is 9.61. The predicted molar refractivity (Wildman–Crippen MR) is 145 cm³/mol. The molecule has 7 nitrogen and oxygen atoms in total. The van der Waals surface area contributed by atoms with Gasteiger partial charge in [-0.15, -0.1) is 0 Å². The van der Waals surface area contributed by atoms with E-state index < -0.39 is 5.79 Å². The highest BCUT2D eigenvalue weighted by atomic mass is 16.7. The number of unbranched alkanes of at least 4 members (excludes halogenated alkanes) is 1. The first-order valence-corrected chi connectivity index (χ1v) is 13.4.